The third kappa shape index (κ3) is 4.20. The lowest BCUT2D eigenvalue weighted by molar-refractivity contribution is -0.124. The van der Waals surface area contributed by atoms with Crippen molar-refractivity contribution in [2.75, 3.05) is 12.4 Å². The molecule has 0 radical (unpaired) electrons. The smallest absolute Gasteiger partial charge is 0.232 e. The lowest BCUT2D eigenvalue weighted by atomic mass is 9.70. The summed E-state index contributed by atoms with van der Waals surface area (Å²) in [6.07, 6.45) is 0. The zero-order valence-electron chi connectivity index (χ0n) is 15.3. The minimum Gasteiger partial charge on any atom is -0.496 e. The van der Waals surface area contributed by atoms with Crippen LogP contribution in [0.25, 0.3) is 0 Å². The average Bonchev–Trinajstić information content (AvgIpc) is 3.16. The first-order valence-electron chi connectivity index (χ1n) is 8.39. The molecule has 0 aliphatic carbocycles. The van der Waals surface area contributed by atoms with Gasteiger partial charge in [-0.1, -0.05) is 61.6 Å². The van der Waals surface area contributed by atoms with Gasteiger partial charge < -0.3 is 10.1 Å². The highest BCUT2D eigenvalue weighted by molar-refractivity contribution is 9.10. The van der Waals surface area contributed by atoms with Gasteiger partial charge in [0.15, 0.2) is 0 Å². The summed E-state index contributed by atoms with van der Waals surface area (Å²) in [6.45, 7) is 3.89. The van der Waals surface area contributed by atoms with Crippen molar-refractivity contribution in [2.45, 2.75) is 19.8 Å². The maximum absolute atomic E-state index is 13.1. The van der Waals surface area contributed by atoms with Crippen molar-refractivity contribution >= 4 is 38.3 Å². The average molecular weight is 446 g/mol. The number of amides is 1. The van der Waals surface area contributed by atoms with Gasteiger partial charge in [-0.3, -0.25) is 4.79 Å². The number of methoxy groups -OCH3 is 1. The van der Waals surface area contributed by atoms with Gasteiger partial charge in [0.25, 0.3) is 0 Å². The molecule has 3 rings (SSSR count). The van der Waals surface area contributed by atoms with Crippen molar-refractivity contribution in [2.24, 2.45) is 5.41 Å². The molecule has 1 N–H and O–H groups in total. The molecule has 1 amide bonds. The van der Waals surface area contributed by atoms with Gasteiger partial charge >= 0.3 is 0 Å². The highest BCUT2D eigenvalue weighted by Crippen LogP contribution is 2.43. The number of carbonyl (C=O) groups is 1. The number of anilines is 1. The Morgan fingerprint density at radius 2 is 1.93 bits per heavy atom. The summed E-state index contributed by atoms with van der Waals surface area (Å²) in [6, 6.07) is 16.0. The topological polar surface area (TPSA) is 64.1 Å². The Balaban J connectivity index is 2.04. The minimum atomic E-state index is -0.735. The van der Waals surface area contributed by atoms with Gasteiger partial charge in [0, 0.05) is 5.92 Å². The molecular weight excluding hydrogens is 426 g/mol. The van der Waals surface area contributed by atoms with Crippen LogP contribution in [0.4, 0.5) is 5.13 Å². The van der Waals surface area contributed by atoms with Crippen LogP contribution in [0, 0.1) is 5.41 Å². The second kappa shape index (κ2) is 8.19. The van der Waals surface area contributed by atoms with E-state index in [1.54, 1.807) is 12.6 Å². The molecule has 3 aromatic rings. The van der Waals surface area contributed by atoms with Gasteiger partial charge in [-0.05, 0) is 39.2 Å². The van der Waals surface area contributed by atoms with E-state index in [0.29, 0.717) is 5.13 Å². The van der Waals surface area contributed by atoms with Gasteiger partial charge in [-0.15, -0.1) is 10.2 Å². The Hall–Kier alpha value is -2.25. The predicted molar refractivity (Wildman–Crippen MR) is 111 cm³/mol. The molecule has 0 aliphatic heterocycles. The van der Waals surface area contributed by atoms with Gasteiger partial charge in [0.05, 0.1) is 17.0 Å². The van der Waals surface area contributed by atoms with Gasteiger partial charge in [-0.2, -0.15) is 0 Å². The van der Waals surface area contributed by atoms with Crippen molar-refractivity contribution in [3.63, 3.8) is 0 Å². The van der Waals surface area contributed by atoms with E-state index in [2.05, 4.69) is 31.4 Å². The lowest BCUT2D eigenvalue weighted by Crippen LogP contribution is -2.37. The van der Waals surface area contributed by atoms with Crippen molar-refractivity contribution in [3.05, 3.63) is 69.6 Å². The first kappa shape index (κ1) is 19.5. The third-order valence-electron chi connectivity index (χ3n) is 4.53. The van der Waals surface area contributed by atoms with E-state index in [-0.39, 0.29) is 11.8 Å². The molecule has 1 aromatic heterocycles. The van der Waals surface area contributed by atoms with Crippen LogP contribution in [0.1, 0.15) is 30.9 Å². The standard InChI is InChI=1S/C20H20BrN3O2S/c1-20(2,18(25)23-19-24-22-12-27-19)17(13-7-5-4-6-8-13)14-9-10-16(26-3)15(21)11-14/h4-12,17H,1-3H3,(H,23,24,25)/t17-/m0/s1. The van der Waals surface area contributed by atoms with E-state index in [1.807, 2.05) is 62.4 Å². The predicted octanol–water partition coefficient (Wildman–Crippen LogP) is 5.11. The summed E-state index contributed by atoms with van der Waals surface area (Å²) in [5.41, 5.74) is 2.94. The van der Waals surface area contributed by atoms with E-state index < -0.39 is 5.41 Å². The number of benzene rings is 2. The molecule has 0 bridgehead atoms. The van der Waals surface area contributed by atoms with Gasteiger partial charge in [0.2, 0.25) is 11.0 Å². The van der Waals surface area contributed by atoms with Crippen molar-refractivity contribution in [3.8, 4) is 5.75 Å². The van der Waals surface area contributed by atoms with E-state index in [4.69, 9.17) is 4.74 Å². The van der Waals surface area contributed by atoms with E-state index in [1.165, 1.54) is 11.3 Å². The highest BCUT2D eigenvalue weighted by atomic mass is 79.9. The molecule has 5 nitrogen and oxygen atoms in total. The monoisotopic (exact) mass is 445 g/mol. The summed E-state index contributed by atoms with van der Waals surface area (Å²) in [7, 11) is 1.63. The van der Waals surface area contributed by atoms with Crippen molar-refractivity contribution < 1.29 is 9.53 Å². The molecule has 1 heterocycles. The summed E-state index contributed by atoms with van der Waals surface area (Å²) < 4.78 is 6.20. The minimum absolute atomic E-state index is 0.111. The normalized spacial score (nSPS) is 12.4. The van der Waals surface area contributed by atoms with Crippen molar-refractivity contribution in [1.29, 1.82) is 0 Å². The Bertz CT molecular complexity index is 914. The van der Waals surface area contributed by atoms with Crippen LogP contribution in [-0.2, 0) is 4.79 Å². The second-order valence-corrected chi connectivity index (χ2v) is 8.34. The molecular formula is C20H20BrN3O2S. The zero-order valence-corrected chi connectivity index (χ0v) is 17.7. The highest BCUT2D eigenvalue weighted by Gasteiger charge is 2.39. The fraction of sp³-hybridized carbons (Fsp3) is 0.250. The number of hydrogen-bond donors (Lipinski definition) is 1. The maximum atomic E-state index is 13.1. The number of hydrogen-bond acceptors (Lipinski definition) is 5. The molecule has 0 aliphatic rings. The molecule has 0 saturated heterocycles. The molecule has 7 heteroatoms. The maximum Gasteiger partial charge on any atom is 0.232 e. The molecule has 0 spiro atoms. The summed E-state index contributed by atoms with van der Waals surface area (Å²) >= 11 is 4.86. The zero-order chi connectivity index (χ0) is 19.4. The number of rotatable bonds is 6. The number of ether oxygens (including phenoxy) is 1. The largest absolute Gasteiger partial charge is 0.496 e. The molecule has 0 fully saturated rings. The lowest BCUT2D eigenvalue weighted by Gasteiger charge is -2.34. The van der Waals surface area contributed by atoms with Crippen LogP contribution in [0.15, 0.2) is 58.5 Å². The fourth-order valence-corrected chi connectivity index (χ4v) is 4.15. The molecule has 1 atom stereocenters. The Morgan fingerprint density at radius 1 is 1.19 bits per heavy atom. The summed E-state index contributed by atoms with van der Waals surface area (Å²) in [5.74, 6) is 0.482. The van der Waals surface area contributed by atoms with Crippen LogP contribution in [0.3, 0.4) is 0 Å². The molecule has 0 unspecified atom stereocenters. The quantitative estimate of drug-likeness (QED) is 0.572. The fourth-order valence-electron chi connectivity index (χ4n) is 3.15. The molecule has 27 heavy (non-hydrogen) atoms. The van der Waals surface area contributed by atoms with E-state index in [9.17, 15) is 4.79 Å². The van der Waals surface area contributed by atoms with Gasteiger partial charge in [-0.25, -0.2) is 0 Å². The molecule has 2 aromatic carbocycles. The van der Waals surface area contributed by atoms with Crippen molar-refractivity contribution in [1.82, 2.24) is 10.2 Å². The van der Waals surface area contributed by atoms with Crippen LogP contribution < -0.4 is 10.1 Å². The number of nitrogens with one attached hydrogen (secondary N) is 1. The van der Waals surface area contributed by atoms with E-state index in [0.717, 1.165) is 21.3 Å². The first-order valence-corrected chi connectivity index (χ1v) is 10.1. The summed E-state index contributed by atoms with van der Waals surface area (Å²) in [5, 5.41) is 11.1. The number of aromatic nitrogens is 2. The van der Waals surface area contributed by atoms with Crippen LogP contribution >= 0.6 is 27.3 Å². The Morgan fingerprint density at radius 3 is 2.52 bits per heavy atom. The molecule has 140 valence electrons. The third-order valence-corrected chi connectivity index (χ3v) is 5.76. The van der Waals surface area contributed by atoms with Crippen LogP contribution in [0.5, 0.6) is 5.75 Å². The molecule has 0 saturated carbocycles. The Labute approximate surface area is 170 Å². The van der Waals surface area contributed by atoms with Gasteiger partial charge in [0.1, 0.15) is 11.3 Å². The summed E-state index contributed by atoms with van der Waals surface area (Å²) in [4.78, 5) is 13.1. The number of carbonyl (C=O) groups excluding carboxylic acids is 1. The van der Waals surface area contributed by atoms with Crippen LogP contribution in [-0.4, -0.2) is 23.2 Å². The Kier molecular flexibility index (Phi) is 5.92. The first-order chi connectivity index (χ1) is 12.9. The number of halogens is 1. The SMILES string of the molecule is COc1ccc([C@H](c2ccccc2)C(C)(C)C(=O)Nc2nncs2)cc1Br. The number of nitrogens with zero attached hydrogens (tertiary/aromatic N) is 2. The van der Waals surface area contributed by atoms with E-state index >= 15 is 0 Å². The van der Waals surface area contributed by atoms with Crippen LogP contribution in [0.2, 0.25) is 0 Å². The second-order valence-electron chi connectivity index (χ2n) is 6.66.